The van der Waals surface area contributed by atoms with E-state index in [1.165, 1.54) is 0 Å². The van der Waals surface area contributed by atoms with Crippen LogP contribution in [0.15, 0.2) is 23.5 Å². The standard InChI is InChI=1S/C12H18N4O2/c1-18-8-9-4-5-16(7-9)10-2-3-11(14-6-10)12(13)15-17/h2-3,6,9,17H,4-5,7-8H2,1H3,(H2,13,15). The monoisotopic (exact) mass is 250 g/mol. The number of methoxy groups -OCH3 is 1. The lowest BCUT2D eigenvalue weighted by molar-refractivity contribution is 0.161. The summed E-state index contributed by atoms with van der Waals surface area (Å²) in [6.45, 7) is 2.79. The molecule has 1 aliphatic heterocycles. The van der Waals surface area contributed by atoms with E-state index in [-0.39, 0.29) is 5.84 Å². The molecule has 1 saturated heterocycles. The zero-order valence-electron chi connectivity index (χ0n) is 10.4. The first-order chi connectivity index (χ1) is 8.74. The predicted octanol–water partition coefficient (Wildman–Crippen LogP) is 0.649. The number of hydrogen-bond acceptors (Lipinski definition) is 5. The highest BCUT2D eigenvalue weighted by molar-refractivity contribution is 5.95. The number of aromatic nitrogens is 1. The Kier molecular flexibility index (Phi) is 3.99. The molecule has 18 heavy (non-hydrogen) atoms. The lowest BCUT2D eigenvalue weighted by Gasteiger charge is -2.18. The Balaban J connectivity index is 2.02. The van der Waals surface area contributed by atoms with Crippen LogP contribution in [0.1, 0.15) is 12.1 Å². The third kappa shape index (κ3) is 2.70. The van der Waals surface area contributed by atoms with E-state index in [4.69, 9.17) is 15.7 Å². The number of nitrogens with zero attached hydrogens (tertiary/aromatic N) is 3. The maximum absolute atomic E-state index is 8.56. The summed E-state index contributed by atoms with van der Waals surface area (Å²) in [5.41, 5.74) is 7.01. The quantitative estimate of drug-likeness (QED) is 0.355. The molecule has 1 fully saturated rings. The predicted molar refractivity (Wildman–Crippen MR) is 68.9 cm³/mol. The molecular formula is C12H18N4O2. The highest BCUT2D eigenvalue weighted by Gasteiger charge is 2.22. The van der Waals surface area contributed by atoms with Crippen molar-refractivity contribution in [2.75, 3.05) is 31.7 Å². The smallest absolute Gasteiger partial charge is 0.188 e. The summed E-state index contributed by atoms with van der Waals surface area (Å²) in [4.78, 5) is 6.45. The maximum atomic E-state index is 8.56. The lowest BCUT2D eigenvalue weighted by Crippen LogP contribution is -2.22. The van der Waals surface area contributed by atoms with Crippen LogP contribution in [-0.2, 0) is 4.74 Å². The van der Waals surface area contributed by atoms with E-state index in [1.807, 2.05) is 6.07 Å². The molecule has 6 nitrogen and oxygen atoms in total. The van der Waals surface area contributed by atoms with Gasteiger partial charge >= 0.3 is 0 Å². The van der Waals surface area contributed by atoms with E-state index in [0.29, 0.717) is 11.6 Å². The van der Waals surface area contributed by atoms with Gasteiger partial charge in [-0.2, -0.15) is 0 Å². The molecule has 0 amide bonds. The summed E-state index contributed by atoms with van der Waals surface area (Å²) in [5.74, 6) is 0.610. The van der Waals surface area contributed by atoms with Gasteiger partial charge in [0.05, 0.1) is 18.5 Å². The SMILES string of the molecule is COCC1CCN(c2ccc(/C(N)=N/O)nc2)C1. The number of hydrogen-bond donors (Lipinski definition) is 2. The van der Waals surface area contributed by atoms with Crippen LogP contribution < -0.4 is 10.6 Å². The maximum Gasteiger partial charge on any atom is 0.188 e. The van der Waals surface area contributed by atoms with E-state index in [1.54, 1.807) is 19.4 Å². The fourth-order valence-electron chi connectivity index (χ4n) is 2.21. The summed E-state index contributed by atoms with van der Waals surface area (Å²) in [7, 11) is 1.73. The van der Waals surface area contributed by atoms with Gasteiger partial charge in [-0.3, -0.25) is 4.98 Å². The van der Waals surface area contributed by atoms with Crippen molar-refractivity contribution in [3.8, 4) is 0 Å². The van der Waals surface area contributed by atoms with Crippen LogP contribution in [0, 0.1) is 5.92 Å². The largest absolute Gasteiger partial charge is 0.409 e. The zero-order valence-corrected chi connectivity index (χ0v) is 10.4. The van der Waals surface area contributed by atoms with Crippen LogP contribution in [0.4, 0.5) is 5.69 Å². The zero-order chi connectivity index (χ0) is 13.0. The molecule has 2 heterocycles. The second kappa shape index (κ2) is 5.68. The molecule has 0 spiro atoms. The minimum atomic E-state index is 0.0280. The van der Waals surface area contributed by atoms with E-state index < -0.39 is 0 Å². The molecule has 0 saturated carbocycles. The third-order valence-electron chi connectivity index (χ3n) is 3.17. The molecule has 0 bridgehead atoms. The summed E-state index contributed by atoms with van der Waals surface area (Å²) < 4.78 is 5.17. The van der Waals surface area contributed by atoms with Crippen molar-refractivity contribution in [2.45, 2.75) is 6.42 Å². The number of ether oxygens (including phenoxy) is 1. The van der Waals surface area contributed by atoms with Gasteiger partial charge in [-0.1, -0.05) is 5.16 Å². The first-order valence-corrected chi connectivity index (χ1v) is 5.92. The van der Waals surface area contributed by atoms with Crippen LogP contribution in [0.3, 0.4) is 0 Å². The van der Waals surface area contributed by atoms with Crippen molar-refractivity contribution in [1.29, 1.82) is 0 Å². The second-order valence-corrected chi connectivity index (χ2v) is 4.44. The number of nitrogens with two attached hydrogens (primary N) is 1. The molecule has 1 aliphatic rings. The van der Waals surface area contributed by atoms with Gasteiger partial charge in [0.1, 0.15) is 5.69 Å². The number of oxime groups is 1. The molecule has 1 atom stereocenters. The molecule has 98 valence electrons. The molecule has 0 aliphatic carbocycles. The van der Waals surface area contributed by atoms with Crippen molar-refractivity contribution in [1.82, 2.24) is 4.98 Å². The molecule has 3 N–H and O–H groups in total. The van der Waals surface area contributed by atoms with Crippen molar-refractivity contribution in [3.05, 3.63) is 24.0 Å². The highest BCUT2D eigenvalue weighted by atomic mass is 16.5. The van der Waals surface area contributed by atoms with Crippen LogP contribution in [-0.4, -0.2) is 42.8 Å². The minimum Gasteiger partial charge on any atom is -0.409 e. The fraction of sp³-hybridized carbons (Fsp3) is 0.500. The molecule has 0 aromatic carbocycles. The topological polar surface area (TPSA) is 84.0 Å². The van der Waals surface area contributed by atoms with E-state index in [0.717, 1.165) is 31.8 Å². The van der Waals surface area contributed by atoms with Crippen LogP contribution >= 0.6 is 0 Å². The normalized spacial score (nSPS) is 20.4. The van der Waals surface area contributed by atoms with Gasteiger partial charge in [0, 0.05) is 26.1 Å². The van der Waals surface area contributed by atoms with Crippen LogP contribution in [0.25, 0.3) is 0 Å². The second-order valence-electron chi connectivity index (χ2n) is 4.44. The average molecular weight is 250 g/mol. The molecular weight excluding hydrogens is 232 g/mol. The summed E-state index contributed by atoms with van der Waals surface area (Å²) in [6.07, 6.45) is 2.89. The number of pyridine rings is 1. The molecule has 1 aromatic heterocycles. The first-order valence-electron chi connectivity index (χ1n) is 5.92. The third-order valence-corrected chi connectivity index (χ3v) is 3.17. The van der Waals surface area contributed by atoms with E-state index >= 15 is 0 Å². The van der Waals surface area contributed by atoms with Gasteiger partial charge in [0.25, 0.3) is 0 Å². The Morgan fingerprint density at radius 1 is 1.67 bits per heavy atom. The Hall–Kier alpha value is -1.82. The lowest BCUT2D eigenvalue weighted by atomic mass is 10.1. The van der Waals surface area contributed by atoms with Gasteiger partial charge in [-0.15, -0.1) is 0 Å². The molecule has 1 aromatic rings. The minimum absolute atomic E-state index is 0.0280. The van der Waals surface area contributed by atoms with Crippen LogP contribution in [0.5, 0.6) is 0 Å². The summed E-state index contributed by atoms with van der Waals surface area (Å²) in [5, 5.41) is 11.5. The van der Waals surface area contributed by atoms with Gasteiger partial charge in [0.15, 0.2) is 5.84 Å². The van der Waals surface area contributed by atoms with E-state index in [9.17, 15) is 0 Å². The van der Waals surface area contributed by atoms with Crippen molar-refractivity contribution >= 4 is 11.5 Å². The Morgan fingerprint density at radius 3 is 3.11 bits per heavy atom. The molecule has 2 rings (SSSR count). The van der Waals surface area contributed by atoms with Gasteiger partial charge in [-0.05, 0) is 18.6 Å². The van der Waals surface area contributed by atoms with Gasteiger partial charge in [0.2, 0.25) is 0 Å². The summed E-state index contributed by atoms with van der Waals surface area (Å²) in [6, 6.07) is 3.70. The molecule has 6 heteroatoms. The number of rotatable bonds is 4. The van der Waals surface area contributed by atoms with Gasteiger partial charge in [-0.25, -0.2) is 0 Å². The van der Waals surface area contributed by atoms with Gasteiger partial charge < -0.3 is 20.6 Å². The molecule has 1 unspecified atom stereocenters. The van der Waals surface area contributed by atoms with Crippen molar-refractivity contribution in [3.63, 3.8) is 0 Å². The fourth-order valence-corrected chi connectivity index (χ4v) is 2.21. The molecule has 0 radical (unpaired) electrons. The van der Waals surface area contributed by atoms with Crippen LogP contribution in [0.2, 0.25) is 0 Å². The number of anilines is 1. The van der Waals surface area contributed by atoms with Crippen molar-refractivity contribution in [2.24, 2.45) is 16.8 Å². The first kappa shape index (κ1) is 12.6. The van der Waals surface area contributed by atoms with E-state index in [2.05, 4.69) is 15.0 Å². The average Bonchev–Trinajstić information content (AvgIpc) is 2.87. The Bertz CT molecular complexity index is 419. The summed E-state index contributed by atoms with van der Waals surface area (Å²) >= 11 is 0. The number of amidine groups is 1. The van der Waals surface area contributed by atoms with Crippen molar-refractivity contribution < 1.29 is 9.94 Å². The Labute approximate surface area is 106 Å². The highest BCUT2D eigenvalue weighted by Crippen LogP contribution is 2.23. The Morgan fingerprint density at radius 2 is 2.50 bits per heavy atom.